The van der Waals surface area contributed by atoms with Gasteiger partial charge in [-0.1, -0.05) is 23.2 Å². The molecule has 0 saturated carbocycles. The van der Waals surface area contributed by atoms with Crippen molar-refractivity contribution < 1.29 is 8.42 Å². The molecule has 1 saturated heterocycles. The Balaban J connectivity index is 2.10. The summed E-state index contributed by atoms with van der Waals surface area (Å²) >= 11 is 12.0. The predicted molar refractivity (Wildman–Crippen MR) is 82.0 cm³/mol. The van der Waals surface area contributed by atoms with Gasteiger partial charge in [-0.05, 0) is 56.5 Å². The fourth-order valence-electron chi connectivity index (χ4n) is 2.19. The molecule has 0 amide bonds. The van der Waals surface area contributed by atoms with Crippen LogP contribution >= 0.6 is 23.2 Å². The van der Waals surface area contributed by atoms with Gasteiger partial charge in [-0.15, -0.1) is 0 Å². The van der Waals surface area contributed by atoms with Gasteiger partial charge in [0.25, 0.3) is 0 Å². The molecule has 4 nitrogen and oxygen atoms in total. The van der Waals surface area contributed by atoms with Gasteiger partial charge < -0.3 is 5.32 Å². The minimum atomic E-state index is -3.57. The lowest BCUT2D eigenvalue weighted by molar-refractivity contribution is 0.376. The highest BCUT2D eigenvalue weighted by atomic mass is 35.5. The molecule has 20 heavy (non-hydrogen) atoms. The smallest absolute Gasteiger partial charge is 0.240 e. The van der Waals surface area contributed by atoms with Gasteiger partial charge in [0.05, 0.1) is 4.90 Å². The Morgan fingerprint density at radius 1 is 1.35 bits per heavy atom. The number of benzene rings is 1. The molecule has 0 bridgehead atoms. The molecule has 0 aromatic heterocycles. The number of piperidine rings is 1. The molecule has 7 heteroatoms. The van der Waals surface area contributed by atoms with Gasteiger partial charge >= 0.3 is 0 Å². The summed E-state index contributed by atoms with van der Waals surface area (Å²) in [4.78, 5) is 0.113. The van der Waals surface area contributed by atoms with Crippen LogP contribution in [0.15, 0.2) is 17.0 Å². The van der Waals surface area contributed by atoms with Gasteiger partial charge in [0, 0.05) is 16.6 Å². The molecule has 1 aliphatic rings. The lowest BCUT2D eigenvalue weighted by Crippen LogP contribution is -2.38. The molecule has 2 N–H and O–H groups in total. The van der Waals surface area contributed by atoms with Crippen LogP contribution in [0.4, 0.5) is 0 Å². The minimum Gasteiger partial charge on any atom is -0.316 e. The monoisotopic (exact) mass is 336 g/mol. The van der Waals surface area contributed by atoms with Crippen molar-refractivity contribution in [3.63, 3.8) is 0 Å². The SMILES string of the molecule is Cc1c(Cl)cc(S(=O)(=O)NCC2CCCNC2)cc1Cl. The Hall–Kier alpha value is -0.330. The summed E-state index contributed by atoms with van der Waals surface area (Å²) in [5.41, 5.74) is 0.684. The Kier molecular flexibility index (Phi) is 5.31. The predicted octanol–water partition coefficient (Wildman–Crippen LogP) is 2.58. The van der Waals surface area contributed by atoms with Gasteiger partial charge in [0.1, 0.15) is 0 Å². The number of hydrogen-bond donors (Lipinski definition) is 2. The van der Waals surface area contributed by atoms with Crippen molar-refractivity contribution in [2.24, 2.45) is 5.92 Å². The number of rotatable bonds is 4. The third-order valence-corrected chi connectivity index (χ3v) is 5.71. The zero-order chi connectivity index (χ0) is 14.8. The first-order valence-electron chi connectivity index (χ1n) is 6.56. The second-order valence-electron chi connectivity index (χ2n) is 5.08. The van der Waals surface area contributed by atoms with Gasteiger partial charge in [0.15, 0.2) is 0 Å². The highest BCUT2D eigenvalue weighted by Crippen LogP contribution is 2.27. The fourth-order valence-corrected chi connectivity index (χ4v) is 3.97. The van der Waals surface area contributed by atoms with E-state index in [1.54, 1.807) is 6.92 Å². The molecule has 1 fully saturated rings. The molecule has 0 aliphatic carbocycles. The number of sulfonamides is 1. The van der Waals surface area contributed by atoms with Crippen molar-refractivity contribution in [1.29, 1.82) is 0 Å². The van der Waals surface area contributed by atoms with E-state index in [1.807, 2.05) is 0 Å². The molecule has 0 radical (unpaired) electrons. The molecular weight excluding hydrogens is 319 g/mol. The Bertz CT molecular complexity index is 561. The van der Waals surface area contributed by atoms with Crippen molar-refractivity contribution in [3.8, 4) is 0 Å². The van der Waals surface area contributed by atoms with Crippen LogP contribution in [0.2, 0.25) is 10.0 Å². The van der Waals surface area contributed by atoms with Crippen LogP contribution in [0.25, 0.3) is 0 Å². The molecule has 0 spiro atoms. The maximum absolute atomic E-state index is 12.2. The maximum Gasteiger partial charge on any atom is 0.240 e. The number of hydrogen-bond acceptors (Lipinski definition) is 3. The largest absolute Gasteiger partial charge is 0.316 e. The van der Waals surface area contributed by atoms with Crippen molar-refractivity contribution in [3.05, 3.63) is 27.7 Å². The molecular formula is C13H18Cl2N2O2S. The van der Waals surface area contributed by atoms with Crippen molar-refractivity contribution in [2.45, 2.75) is 24.7 Å². The third-order valence-electron chi connectivity index (χ3n) is 3.53. The van der Waals surface area contributed by atoms with Gasteiger partial charge in [0.2, 0.25) is 10.0 Å². The second-order valence-corrected chi connectivity index (χ2v) is 7.66. The van der Waals surface area contributed by atoms with Crippen LogP contribution < -0.4 is 10.0 Å². The maximum atomic E-state index is 12.2. The zero-order valence-corrected chi connectivity index (χ0v) is 13.6. The summed E-state index contributed by atoms with van der Waals surface area (Å²) in [5.74, 6) is 0.329. The second kappa shape index (κ2) is 6.62. The molecule has 112 valence electrons. The molecule has 1 unspecified atom stereocenters. The first-order chi connectivity index (χ1) is 9.40. The quantitative estimate of drug-likeness (QED) is 0.888. The highest BCUT2D eigenvalue weighted by Gasteiger charge is 2.20. The molecule has 1 atom stereocenters. The fraction of sp³-hybridized carbons (Fsp3) is 0.538. The number of nitrogens with one attached hydrogen (secondary N) is 2. The topological polar surface area (TPSA) is 58.2 Å². The summed E-state index contributed by atoms with van der Waals surface area (Å²) in [6, 6.07) is 2.87. The first kappa shape index (κ1) is 16.0. The third kappa shape index (κ3) is 3.86. The van der Waals surface area contributed by atoms with Crippen molar-refractivity contribution >= 4 is 33.2 Å². The van der Waals surface area contributed by atoms with E-state index in [2.05, 4.69) is 10.0 Å². The molecule has 1 aliphatic heterocycles. The van der Waals surface area contributed by atoms with E-state index < -0.39 is 10.0 Å². The Labute approximate surface area is 129 Å². The zero-order valence-electron chi connectivity index (χ0n) is 11.2. The standard InChI is InChI=1S/C13H18Cl2N2O2S/c1-9-12(14)5-11(6-13(9)15)20(18,19)17-8-10-3-2-4-16-7-10/h5-6,10,16-17H,2-4,7-8H2,1H3. The van der Waals surface area contributed by atoms with Crippen LogP contribution in [0.5, 0.6) is 0 Å². The lowest BCUT2D eigenvalue weighted by atomic mass is 10.0. The summed E-state index contributed by atoms with van der Waals surface area (Å²) in [6.07, 6.45) is 2.11. The van der Waals surface area contributed by atoms with Crippen LogP contribution in [-0.4, -0.2) is 28.1 Å². The van der Waals surface area contributed by atoms with E-state index in [0.29, 0.717) is 28.1 Å². The first-order valence-corrected chi connectivity index (χ1v) is 8.80. The van der Waals surface area contributed by atoms with E-state index in [4.69, 9.17) is 23.2 Å². The average Bonchev–Trinajstić information content (AvgIpc) is 2.43. The normalized spacial score (nSPS) is 20.1. The van der Waals surface area contributed by atoms with Gasteiger partial charge in [-0.25, -0.2) is 13.1 Å². The van der Waals surface area contributed by atoms with E-state index in [1.165, 1.54) is 12.1 Å². The van der Waals surface area contributed by atoms with Crippen LogP contribution in [0.3, 0.4) is 0 Å². The van der Waals surface area contributed by atoms with Crippen molar-refractivity contribution in [1.82, 2.24) is 10.0 Å². The van der Waals surface area contributed by atoms with E-state index in [0.717, 1.165) is 25.9 Å². The molecule has 2 rings (SSSR count). The summed E-state index contributed by atoms with van der Waals surface area (Å²) in [6.45, 7) is 4.03. The van der Waals surface area contributed by atoms with Crippen LogP contribution in [-0.2, 0) is 10.0 Å². The van der Waals surface area contributed by atoms with E-state index >= 15 is 0 Å². The summed E-state index contributed by atoms with van der Waals surface area (Å²) in [5, 5.41) is 3.98. The van der Waals surface area contributed by atoms with Gasteiger partial charge in [-0.2, -0.15) is 0 Å². The van der Waals surface area contributed by atoms with E-state index in [9.17, 15) is 8.42 Å². The van der Waals surface area contributed by atoms with Crippen molar-refractivity contribution in [2.75, 3.05) is 19.6 Å². The Morgan fingerprint density at radius 2 is 2.00 bits per heavy atom. The summed E-state index contributed by atoms with van der Waals surface area (Å²) < 4.78 is 27.1. The summed E-state index contributed by atoms with van der Waals surface area (Å²) in [7, 11) is -3.57. The average molecular weight is 337 g/mol. The lowest BCUT2D eigenvalue weighted by Gasteiger charge is -2.22. The molecule has 1 aromatic rings. The Morgan fingerprint density at radius 3 is 2.55 bits per heavy atom. The van der Waals surface area contributed by atoms with Gasteiger partial charge in [-0.3, -0.25) is 0 Å². The molecule has 1 heterocycles. The minimum absolute atomic E-state index is 0.113. The van der Waals surface area contributed by atoms with Crippen LogP contribution in [0.1, 0.15) is 18.4 Å². The molecule has 1 aromatic carbocycles. The number of halogens is 2. The highest BCUT2D eigenvalue weighted by molar-refractivity contribution is 7.89. The van der Waals surface area contributed by atoms with E-state index in [-0.39, 0.29) is 4.90 Å². The van der Waals surface area contributed by atoms with Crippen LogP contribution in [0, 0.1) is 12.8 Å².